The van der Waals surface area contributed by atoms with E-state index in [2.05, 4.69) is 15.5 Å². The van der Waals surface area contributed by atoms with Gasteiger partial charge in [0.25, 0.3) is 11.6 Å². The van der Waals surface area contributed by atoms with Crippen LogP contribution in [0.1, 0.15) is 12.7 Å². The Balaban J connectivity index is 1.81. The molecule has 0 fully saturated rings. The fourth-order valence-corrected chi connectivity index (χ4v) is 5.08. The van der Waals surface area contributed by atoms with E-state index >= 15 is 0 Å². The highest BCUT2D eigenvalue weighted by atomic mass is 32.2. The minimum absolute atomic E-state index is 0.0587. The smallest absolute Gasteiger partial charge is 0.270 e. The third-order valence-corrected chi connectivity index (χ3v) is 6.78. The number of sulfone groups is 1. The molecule has 0 saturated carbocycles. The summed E-state index contributed by atoms with van der Waals surface area (Å²) in [7, 11) is -4.13. The quantitative estimate of drug-likeness (QED) is 0.240. The first-order valence-electron chi connectivity index (χ1n) is 9.94. The van der Waals surface area contributed by atoms with Crippen molar-refractivity contribution < 1.29 is 32.2 Å². The number of thiazole rings is 1. The van der Waals surface area contributed by atoms with Gasteiger partial charge in [-0.3, -0.25) is 19.7 Å². The van der Waals surface area contributed by atoms with Gasteiger partial charge in [0.1, 0.15) is 17.3 Å². The average Bonchev–Trinajstić information content (AvgIpc) is 3.29. The third-order valence-electron chi connectivity index (χ3n) is 4.35. The zero-order valence-electron chi connectivity index (χ0n) is 18.2. The highest BCUT2D eigenvalue weighted by Gasteiger charge is 2.22. The van der Waals surface area contributed by atoms with Crippen molar-refractivity contribution in [2.45, 2.75) is 20.4 Å². The van der Waals surface area contributed by atoms with Crippen molar-refractivity contribution in [1.82, 2.24) is 9.72 Å². The predicted octanol–water partition coefficient (Wildman–Crippen LogP) is 1.42. The summed E-state index contributed by atoms with van der Waals surface area (Å²) < 4.78 is 36.9. The van der Waals surface area contributed by atoms with E-state index in [9.17, 15) is 28.1 Å². The zero-order chi connectivity index (χ0) is 24.9. The molecule has 0 aliphatic heterocycles. The second-order valence-electron chi connectivity index (χ2n) is 7.05. The minimum atomic E-state index is -4.13. The molecule has 0 unspecified atom stereocenters. The van der Waals surface area contributed by atoms with Crippen LogP contribution in [-0.2, 0) is 30.7 Å². The van der Waals surface area contributed by atoms with Crippen molar-refractivity contribution >= 4 is 54.7 Å². The number of nitro benzene ring substituents is 1. The molecule has 1 aromatic carbocycles. The van der Waals surface area contributed by atoms with Crippen molar-refractivity contribution in [3.05, 3.63) is 44.9 Å². The number of anilines is 1. The number of nitrogens with one attached hydrogen (secondary N) is 1. The lowest BCUT2D eigenvalue weighted by molar-refractivity contribution is -0.384. The van der Waals surface area contributed by atoms with E-state index in [-0.39, 0.29) is 16.3 Å². The Morgan fingerprint density at radius 1 is 1.32 bits per heavy atom. The summed E-state index contributed by atoms with van der Waals surface area (Å²) in [5.74, 6) is -3.29. The number of aryl methyl sites for hydroxylation is 1. The molecule has 15 heteroatoms. The fourth-order valence-electron chi connectivity index (χ4n) is 2.96. The molecule has 2 amide bonds. The molecule has 0 spiro atoms. The highest BCUT2D eigenvalue weighted by Crippen LogP contribution is 2.23. The molecule has 2 heterocycles. The van der Waals surface area contributed by atoms with E-state index < -0.39 is 38.1 Å². The molecule has 3 rings (SSSR count). The van der Waals surface area contributed by atoms with Crippen LogP contribution in [0.2, 0.25) is 0 Å². The first kappa shape index (κ1) is 25.2. The summed E-state index contributed by atoms with van der Waals surface area (Å²) in [6.45, 7) is 4.48. The van der Waals surface area contributed by atoms with Crippen molar-refractivity contribution in [3.63, 3.8) is 0 Å². The fraction of sp³-hybridized carbons (Fsp3) is 0.368. The summed E-state index contributed by atoms with van der Waals surface area (Å²) in [5, 5.41) is 16.9. The molecule has 0 aliphatic carbocycles. The average molecular weight is 512 g/mol. The second-order valence-corrected chi connectivity index (χ2v) is 10.1. The number of non-ortho nitro benzene ring substituents is 1. The van der Waals surface area contributed by atoms with Crippen molar-refractivity contribution in [2.75, 3.05) is 30.0 Å². The molecule has 0 radical (unpaired) electrons. The van der Waals surface area contributed by atoms with Crippen LogP contribution in [0, 0.1) is 17.0 Å². The number of hydrogen-bond acceptors (Lipinski definition) is 10. The van der Waals surface area contributed by atoms with Crippen molar-refractivity contribution in [1.29, 1.82) is 0 Å². The van der Waals surface area contributed by atoms with Crippen molar-refractivity contribution in [3.8, 4) is 0 Å². The Kier molecular flexibility index (Phi) is 7.90. The van der Waals surface area contributed by atoms with E-state index in [0.29, 0.717) is 35.7 Å². The third kappa shape index (κ3) is 6.55. The Morgan fingerprint density at radius 3 is 2.74 bits per heavy atom. The number of ether oxygens (including phenoxy) is 1. The van der Waals surface area contributed by atoms with Gasteiger partial charge in [-0.05, 0) is 19.9 Å². The monoisotopic (exact) mass is 511 g/mol. The molecular weight excluding hydrogens is 490 g/mol. The van der Waals surface area contributed by atoms with Crippen LogP contribution in [0.4, 0.5) is 11.5 Å². The number of rotatable bonds is 10. The summed E-state index contributed by atoms with van der Waals surface area (Å²) in [6.07, 6.45) is 0. The molecule has 0 atom stereocenters. The van der Waals surface area contributed by atoms with E-state index in [1.807, 2.05) is 6.92 Å². The molecule has 13 nitrogen and oxygen atoms in total. The first-order chi connectivity index (χ1) is 16.1. The second kappa shape index (κ2) is 10.7. The Hall–Kier alpha value is -3.43. The number of aromatic nitrogens is 2. The number of fused-ring (bicyclic) bond motifs is 1. The van der Waals surface area contributed by atoms with Gasteiger partial charge in [0.2, 0.25) is 5.91 Å². The van der Waals surface area contributed by atoms with Gasteiger partial charge in [-0.15, -0.1) is 0 Å². The van der Waals surface area contributed by atoms with Crippen LogP contribution < -0.4 is 10.1 Å². The van der Waals surface area contributed by atoms with E-state index in [1.54, 1.807) is 11.5 Å². The number of benzene rings is 1. The molecule has 0 aliphatic rings. The molecule has 3 aromatic rings. The lowest BCUT2D eigenvalue weighted by Crippen LogP contribution is -2.28. The summed E-state index contributed by atoms with van der Waals surface area (Å²) in [6, 6.07) is 5.63. The molecule has 34 heavy (non-hydrogen) atoms. The van der Waals surface area contributed by atoms with Crippen molar-refractivity contribution in [2.24, 2.45) is 4.99 Å². The van der Waals surface area contributed by atoms with Gasteiger partial charge < -0.3 is 19.1 Å². The molecule has 0 saturated heterocycles. The molecular formula is C19H21N5O8S2. The van der Waals surface area contributed by atoms with Gasteiger partial charge in [0.05, 0.1) is 21.7 Å². The normalized spacial score (nSPS) is 12.2. The Labute approximate surface area is 197 Å². The minimum Gasteiger partial charge on any atom is -0.380 e. The SMILES string of the molecule is CCOCCn1c(=NC(=O)CS(=O)(=O)CC(=O)Nc2cc(C)on2)sc2cc([N+](=O)[O-])ccc21. The van der Waals surface area contributed by atoms with Gasteiger partial charge in [0.15, 0.2) is 20.5 Å². The van der Waals surface area contributed by atoms with Gasteiger partial charge in [-0.2, -0.15) is 4.99 Å². The van der Waals surface area contributed by atoms with E-state index in [4.69, 9.17) is 9.26 Å². The van der Waals surface area contributed by atoms with Crippen LogP contribution in [0.5, 0.6) is 0 Å². The van der Waals surface area contributed by atoms with Crippen LogP contribution in [0.15, 0.2) is 33.8 Å². The summed E-state index contributed by atoms with van der Waals surface area (Å²) >= 11 is 1.01. The molecule has 2 aromatic heterocycles. The number of nitro groups is 1. The predicted molar refractivity (Wildman–Crippen MR) is 122 cm³/mol. The maximum Gasteiger partial charge on any atom is 0.270 e. The first-order valence-corrected chi connectivity index (χ1v) is 12.6. The van der Waals surface area contributed by atoms with Crippen LogP contribution in [0.3, 0.4) is 0 Å². The standard InChI is InChI=1S/C19H21N5O8S2/c1-3-31-7-6-23-14-5-4-13(24(27)28)9-15(14)33-19(23)21-18(26)11-34(29,30)10-17(25)20-16-8-12(2)32-22-16/h4-5,8-9H,3,6-7,10-11H2,1-2H3,(H,20,22,25). The number of hydrogen-bond donors (Lipinski definition) is 1. The lowest BCUT2D eigenvalue weighted by atomic mass is 10.3. The largest absolute Gasteiger partial charge is 0.380 e. The zero-order valence-corrected chi connectivity index (χ0v) is 19.8. The van der Waals surface area contributed by atoms with Gasteiger partial charge in [-0.25, -0.2) is 8.42 Å². The topological polar surface area (TPSA) is 176 Å². The van der Waals surface area contributed by atoms with Gasteiger partial charge in [-0.1, -0.05) is 16.5 Å². The number of amides is 2. The molecule has 1 N–H and O–H groups in total. The number of carbonyl (C=O) groups is 2. The maximum atomic E-state index is 12.5. The van der Waals surface area contributed by atoms with E-state index in [1.165, 1.54) is 24.3 Å². The van der Waals surface area contributed by atoms with Crippen LogP contribution in [-0.4, -0.2) is 59.6 Å². The highest BCUT2D eigenvalue weighted by molar-refractivity contribution is 7.92. The van der Waals surface area contributed by atoms with Gasteiger partial charge in [0, 0.05) is 31.4 Å². The lowest BCUT2D eigenvalue weighted by Gasteiger charge is -2.05. The molecule has 182 valence electrons. The Bertz CT molecular complexity index is 1400. The van der Waals surface area contributed by atoms with Crippen LogP contribution in [0.25, 0.3) is 10.2 Å². The maximum absolute atomic E-state index is 12.5. The summed E-state index contributed by atoms with van der Waals surface area (Å²) in [4.78, 5) is 39.1. The number of nitrogens with zero attached hydrogens (tertiary/aromatic N) is 4. The number of carbonyl (C=O) groups excluding carboxylic acids is 2. The van der Waals surface area contributed by atoms with Gasteiger partial charge >= 0.3 is 0 Å². The molecule has 0 bridgehead atoms. The summed E-state index contributed by atoms with van der Waals surface area (Å²) in [5.41, 5.74) is 0.464. The Morgan fingerprint density at radius 2 is 2.09 bits per heavy atom. The van der Waals surface area contributed by atoms with E-state index in [0.717, 1.165) is 11.3 Å². The van der Waals surface area contributed by atoms with Crippen LogP contribution >= 0.6 is 11.3 Å².